The van der Waals surface area contributed by atoms with Crippen LogP contribution >= 0.6 is 0 Å². The Balaban J connectivity index is 1.80. The largest absolute Gasteiger partial charge is 0.444 e. The SMILES string of the molecule is Cc1nc([C@H]2CCCN(C(=O)[C@H]3N(C(=O)OC(C)(C)C)CCCC3(C)C)C2)n[nH]1. The summed E-state index contributed by atoms with van der Waals surface area (Å²) in [5.41, 5.74) is -0.897. The molecule has 0 unspecified atom stereocenters. The number of likely N-dealkylation sites (tertiary alicyclic amines) is 2. The number of ether oxygens (including phenoxy) is 1. The van der Waals surface area contributed by atoms with Crippen molar-refractivity contribution >= 4 is 12.0 Å². The van der Waals surface area contributed by atoms with Gasteiger partial charge in [-0.15, -0.1) is 0 Å². The molecule has 0 spiro atoms. The summed E-state index contributed by atoms with van der Waals surface area (Å²) in [7, 11) is 0. The number of aryl methyl sites for hydroxylation is 1. The van der Waals surface area contributed by atoms with Gasteiger partial charge < -0.3 is 9.64 Å². The molecule has 0 aromatic carbocycles. The maximum Gasteiger partial charge on any atom is 0.410 e. The van der Waals surface area contributed by atoms with Gasteiger partial charge in [0.15, 0.2) is 5.82 Å². The second kappa shape index (κ2) is 7.95. The van der Waals surface area contributed by atoms with Crippen LogP contribution in [0.2, 0.25) is 0 Å². The summed E-state index contributed by atoms with van der Waals surface area (Å²) in [6, 6.07) is -0.515. The molecule has 2 amide bonds. The molecule has 2 saturated heterocycles. The average Bonchev–Trinajstić information content (AvgIpc) is 3.05. The summed E-state index contributed by atoms with van der Waals surface area (Å²) in [6.07, 6.45) is 3.24. The molecule has 0 aliphatic carbocycles. The number of aromatic amines is 1. The van der Waals surface area contributed by atoms with Crippen molar-refractivity contribution in [1.82, 2.24) is 25.0 Å². The molecule has 0 saturated carbocycles. The van der Waals surface area contributed by atoms with E-state index in [1.165, 1.54) is 0 Å². The van der Waals surface area contributed by atoms with Crippen molar-refractivity contribution < 1.29 is 14.3 Å². The van der Waals surface area contributed by atoms with Gasteiger partial charge in [0.1, 0.15) is 17.5 Å². The lowest BCUT2D eigenvalue weighted by molar-refractivity contribution is -0.145. The zero-order valence-corrected chi connectivity index (χ0v) is 18.6. The maximum absolute atomic E-state index is 13.7. The van der Waals surface area contributed by atoms with Crippen LogP contribution in [0.4, 0.5) is 4.79 Å². The Morgan fingerprint density at radius 3 is 2.55 bits per heavy atom. The normalized spacial score (nSPS) is 25.0. The Morgan fingerprint density at radius 2 is 1.93 bits per heavy atom. The van der Waals surface area contributed by atoms with Gasteiger partial charge in [-0.25, -0.2) is 9.78 Å². The van der Waals surface area contributed by atoms with Crippen LogP contribution in [-0.2, 0) is 9.53 Å². The van der Waals surface area contributed by atoms with Crippen molar-refractivity contribution in [1.29, 1.82) is 0 Å². The molecule has 162 valence electrons. The van der Waals surface area contributed by atoms with Crippen molar-refractivity contribution in [3.05, 3.63) is 11.6 Å². The van der Waals surface area contributed by atoms with Gasteiger partial charge in [0, 0.05) is 25.6 Å². The van der Waals surface area contributed by atoms with E-state index >= 15 is 0 Å². The molecule has 2 aliphatic rings. The minimum atomic E-state index is -0.591. The molecule has 1 aromatic heterocycles. The Hall–Kier alpha value is -2.12. The van der Waals surface area contributed by atoms with E-state index in [0.717, 1.165) is 37.3 Å². The quantitative estimate of drug-likeness (QED) is 0.815. The van der Waals surface area contributed by atoms with E-state index in [2.05, 4.69) is 29.0 Å². The van der Waals surface area contributed by atoms with E-state index in [9.17, 15) is 9.59 Å². The third kappa shape index (κ3) is 4.90. The molecule has 2 aliphatic heterocycles. The number of carbonyl (C=O) groups is 2. The molecule has 2 atom stereocenters. The van der Waals surface area contributed by atoms with Crippen LogP contribution in [0.15, 0.2) is 0 Å². The summed E-state index contributed by atoms with van der Waals surface area (Å²) in [5, 5.41) is 7.20. The van der Waals surface area contributed by atoms with Crippen LogP contribution in [0, 0.1) is 12.3 Å². The van der Waals surface area contributed by atoms with Gasteiger partial charge in [-0.2, -0.15) is 5.10 Å². The van der Waals surface area contributed by atoms with Crippen LogP contribution in [0.1, 0.15) is 77.9 Å². The number of nitrogens with zero attached hydrogens (tertiary/aromatic N) is 4. The third-order valence-corrected chi connectivity index (χ3v) is 5.85. The summed E-state index contributed by atoms with van der Waals surface area (Å²) in [4.78, 5) is 34.6. The summed E-state index contributed by atoms with van der Waals surface area (Å²) in [6.45, 7) is 13.4. The van der Waals surface area contributed by atoms with Gasteiger partial charge >= 0.3 is 6.09 Å². The highest BCUT2D eigenvalue weighted by Gasteiger charge is 2.47. The molecule has 0 radical (unpaired) electrons. The highest BCUT2D eigenvalue weighted by atomic mass is 16.6. The van der Waals surface area contributed by atoms with Crippen LogP contribution in [0.25, 0.3) is 0 Å². The topological polar surface area (TPSA) is 91.4 Å². The van der Waals surface area contributed by atoms with Crippen LogP contribution < -0.4 is 0 Å². The van der Waals surface area contributed by atoms with Crippen molar-refractivity contribution in [2.24, 2.45) is 5.41 Å². The molecule has 2 fully saturated rings. The third-order valence-electron chi connectivity index (χ3n) is 5.85. The first kappa shape index (κ1) is 21.6. The van der Waals surface area contributed by atoms with Crippen molar-refractivity contribution in [2.75, 3.05) is 19.6 Å². The van der Waals surface area contributed by atoms with E-state index < -0.39 is 17.7 Å². The average molecular weight is 406 g/mol. The highest BCUT2D eigenvalue weighted by molar-refractivity contribution is 5.87. The molecular formula is C21H35N5O3. The number of aromatic nitrogens is 3. The van der Waals surface area contributed by atoms with Crippen molar-refractivity contribution in [3.8, 4) is 0 Å². The molecule has 8 heteroatoms. The number of piperidine rings is 2. The second-order valence-electron chi connectivity index (χ2n) is 10.1. The number of hydrogen-bond donors (Lipinski definition) is 1. The lowest BCUT2D eigenvalue weighted by Gasteiger charge is -2.47. The van der Waals surface area contributed by atoms with Crippen LogP contribution in [0.3, 0.4) is 0 Å². The maximum atomic E-state index is 13.7. The fourth-order valence-electron chi connectivity index (χ4n) is 4.48. The predicted octanol–water partition coefficient (Wildman–Crippen LogP) is 3.24. The van der Waals surface area contributed by atoms with E-state index in [0.29, 0.717) is 19.6 Å². The number of carbonyl (C=O) groups excluding carboxylic acids is 2. The number of rotatable bonds is 2. The fraction of sp³-hybridized carbons (Fsp3) is 0.810. The standard InChI is InChI=1S/C21H35N5O3/c1-14-22-17(24-23-14)15-9-7-11-25(13-15)18(27)16-21(5,6)10-8-12-26(16)19(28)29-20(2,3)4/h15-16H,7-13H2,1-6H3,(H,22,23,24)/t15-,16+/m0/s1. The fourth-order valence-corrected chi connectivity index (χ4v) is 4.48. The van der Waals surface area contributed by atoms with Gasteiger partial charge in [0.25, 0.3) is 0 Å². The zero-order valence-electron chi connectivity index (χ0n) is 18.6. The lowest BCUT2D eigenvalue weighted by atomic mass is 9.75. The molecule has 29 heavy (non-hydrogen) atoms. The van der Waals surface area contributed by atoms with Gasteiger partial charge in [-0.1, -0.05) is 13.8 Å². The van der Waals surface area contributed by atoms with Gasteiger partial charge in [-0.05, 0) is 58.8 Å². The van der Waals surface area contributed by atoms with Gasteiger partial charge in [0.2, 0.25) is 5.91 Å². The van der Waals surface area contributed by atoms with E-state index in [-0.39, 0.29) is 17.2 Å². The van der Waals surface area contributed by atoms with Crippen LogP contribution in [-0.4, -0.2) is 68.3 Å². The Morgan fingerprint density at radius 1 is 1.21 bits per heavy atom. The van der Waals surface area contributed by atoms with Crippen molar-refractivity contribution in [3.63, 3.8) is 0 Å². The molecule has 3 heterocycles. The minimum absolute atomic E-state index is 0.0116. The van der Waals surface area contributed by atoms with E-state index in [1.807, 2.05) is 32.6 Å². The van der Waals surface area contributed by atoms with Gasteiger partial charge in [-0.3, -0.25) is 14.8 Å². The Bertz CT molecular complexity index is 752. The smallest absolute Gasteiger partial charge is 0.410 e. The number of amides is 2. The molecule has 1 aromatic rings. The summed E-state index contributed by atoms with van der Waals surface area (Å²) < 4.78 is 5.62. The monoisotopic (exact) mass is 405 g/mol. The minimum Gasteiger partial charge on any atom is -0.444 e. The number of nitrogens with one attached hydrogen (secondary N) is 1. The second-order valence-corrected chi connectivity index (χ2v) is 10.1. The molecular weight excluding hydrogens is 370 g/mol. The zero-order chi connectivity index (χ0) is 21.4. The highest BCUT2D eigenvalue weighted by Crippen LogP contribution is 2.38. The lowest BCUT2D eigenvalue weighted by Crippen LogP contribution is -2.61. The van der Waals surface area contributed by atoms with E-state index in [4.69, 9.17) is 4.74 Å². The van der Waals surface area contributed by atoms with Crippen LogP contribution in [0.5, 0.6) is 0 Å². The first-order chi connectivity index (χ1) is 13.5. The molecule has 8 nitrogen and oxygen atoms in total. The summed E-state index contributed by atoms with van der Waals surface area (Å²) >= 11 is 0. The number of hydrogen-bond acceptors (Lipinski definition) is 5. The Kier molecular flexibility index (Phi) is 5.92. The van der Waals surface area contributed by atoms with Gasteiger partial charge in [0.05, 0.1) is 0 Å². The Labute approximate surface area is 173 Å². The molecule has 1 N–H and O–H groups in total. The van der Waals surface area contributed by atoms with Crippen molar-refractivity contribution in [2.45, 2.75) is 84.8 Å². The molecule has 3 rings (SSSR count). The first-order valence-corrected chi connectivity index (χ1v) is 10.7. The number of H-pyrrole nitrogens is 1. The first-order valence-electron chi connectivity index (χ1n) is 10.7. The molecule has 0 bridgehead atoms. The van der Waals surface area contributed by atoms with E-state index in [1.54, 1.807) is 4.90 Å². The predicted molar refractivity (Wildman–Crippen MR) is 109 cm³/mol. The summed E-state index contributed by atoms with van der Waals surface area (Å²) in [5.74, 6) is 1.69.